The van der Waals surface area contributed by atoms with Gasteiger partial charge in [-0.3, -0.25) is 4.79 Å². The van der Waals surface area contributed by atoms with Crippen LogP contribution in [0.15, 0.2) is 29.6 Å². The molecule has 2 rings (SSSR count). The molecular formula is C14H14FNO2S. The fraction of sp³-hybridized carbons (Fsp3) is 0.286. The molecule has 0 unspecified atom stereocenters. The third-order valence-electron chi connectivity index (χ3n) is 2.54. The number of hydrogen-bond acceptors (Lipinski definition) is 4. The number of carbonyl (C=O) groups excluding carboxylic acids is 1. The van der Waals surface area contributed by atoms with E-state index in [0.29, 0.717) is 19.4 Å². The highest BCUT2D eigenvalue weighted by Crippen LogP contribution is 2.22. The molecule has 2 aromatic rings. The first-order valence-electron chi connectivity index (χ1n) is 6.05. The van der Waals surface area contributed by atoms with E-state index in [1.54, 1.807) is 19.1 Å². The normalized spacial score (nSPS) is 10.4. The number of aromatic nitrogens is 1. The lowest BCUT2D eigenvalue weighted by Gasteiger charge is -1.99. The smallest absolute Gasteiger partial charge is 0.306 e. The third kappa shape index (κ3) is 3.86. The van der Waals surface area contributed by atoms with Crippen molar-refractivity contribution in [2.45, 2.75) is 19.8 Å². The van der Waals surface area contributed by atoms with Crippen molar-refractivity contribution in [3.63, 3.8) is 0 Å². The fourth-order valence-electron chi connectivity index (χ4n) is 1.62. The van der Waals surface area contributed by atoms with Crippen LogP contribution in [0.1, 0.15) is 18.4 Å². The molecule has 19 heavy (non-hydrogen) atoms. The zero-order valence-corrected chi connectivity index (χ0v) is 11.4. The lowest BCUT2D eigenvalue weighted by Crippen LogP contribution is -2.04. The van der Waals surface area contributed by atoms with Crippen molar-refractivity contribution in [1.29, 1.82) is 0 Å². The molecule has 0 N–H and O–H groups in total. The lowest BCUT2D eigenvalue weighted by atomic mass is 10.2. The molecule has 0 aliphatic rings. The second-order valence-corrected chi connectivity index (χ2v) is 4.88. The van der Waals surface area contributed by atoms with E-state index in [4.69, 9.17) is 4.74 Å². The summed E-state index contributed by atoms with van der Waals surface area (Å²) in [5, 5.41) is 2.79. The largest absolute Gasteiger partial charge is 0.466 e. The number of carbonyl (C=O) groups is 1. The van der Waals surface area contributed by atoms with Crippen LogP contribution >= 0.6 is 11.3 Å². The van der Waals surface area contributed by atoms with Gasteiger partial charge in [0, 0.05) is 17.4 Å². The highest BCUT2D eigenvalue weighted by molar-refractivity contribution is 7.09. The maximum Gasteiger partial charge on any atom is 0.306 e. The molecule has 0 aliphatic carbocycles. The molecule has 0 aliphatic heterocycles. The Labute approximate surface area is 115 Å². The minimum Gasteiger partial charge on any atom is -0.466 e. The van der Waals surface area contributed by atoms with Crippen LogP contribution in [0.3, 0.4) is 0 Å². The molecule has 0 amide bonds. The van der Waals surface area contributed by atoms with Crippen molar-refractivity contribution >= 4 is 17.3 Å². The number of aryl methyl sites for hydroxylation is 1. The molecule has 3 nitrogen and oxygen atoms in total. The van der Waals surface area contributed by atoms with Gasteiger partial charge in [0.15, 0.2) is 0 Å². The summed E-state index contributed by atoms with van der Waals surface area (Å²) in [4.78, 5) is 15.7. The summed E-state index contributed by atoms with van der Waals surface area (Å²) in [5.41, 5.74) is 1.68. The topological polar surface area (TPSA) is 39.2 Å². The molecule has 0 saturated carbocycles. The zero-order chi connectivity index (χ0) is 13.7. The van der Waals surface area contributed by atoms with Gasteiger partial charge in [-0.25, -0.2) is 9.37 Å². The monoisotopic (exact) mass is 279 g/mol. The van der Waals surface area contributed by atoms with Crippen LogP contribution in [0.25, 0.3) is 11.3 Å². The molecule has 0 fully saturated rings. The number of rotatable bonds is 5. The van der Waals surface area contributed by atoms with Crippen LogP contribution in [0.5, 0.6) is 0 Å². The summed E-state index contributed by atoms with van der Waals surface area (Å²) in [5.74, 6) is -0.470. The predicted octanol–water partition coefficient (Wildman–Crippen LogP) is 3.44. The van der Waals surface area contributed by atoms with E-state index in [0.717, 1.165) is 16.3 Å². The second kappa shape index (κ2) is 6.43. The van der Waals surface area contributed by atoms with Crippen molar-refractivity contribution < 1.29 is 13.9 Å². The number of esters is 1. The van der Waals surface area contributed by atoms with E-state index >= 15 is 0 Å². The van der Waals surface area contributed by atoms with Crippen molar-refractivity contribution in [3.05, 3.63) is 40.5 Å². The molecule has 1 heterocycles. The summed E-state index contributed by atoms with van der Waals surface area (Å²) >= 11 is 1.50. The van der Waals surface area contributed by atoms with E-state index < -0.39 is 0 Å². The van der Waals surface area contributed by atoms with Crippen molar-refractivity contribution in [1.82, 2.24) is 4.98 Å². The van der Waals surface area contributed by atoms with E-state index in [-0.39, 0.29) is 11.8 Å². The van der Waals surface area contributed by atoms with Crippen molar-refractivity contribution in [2.75, 3.05) is 6.61 Å². The summed E-state index contributed by atoms with van der Waals surface area (Å²) in [6.45, 7) is 2.19. The van der Waals surface area contributed by atoms with Gasteiger partial charge in [-0.1, -0.05) is 0 Å². The van der Waals surface area contributed by atoms with Gasteiger partial charge in [0.1, 0.15) is 5.82 Å². The lowest BCUT2D eigenvalue weighted by molar-refractivity contribution is -0.143. The molecule has 1 aromatic carbocycles. The number of thiazole rings is 1. The van der Waals surface area contributed by atoms with Gasteiger partial charge >= 0.3 is 5.97 Å². The first kappa shape index (κ1) is 13.7. The van der Waals surface area contributed by atoms with Gasteiger partial charge in [0.25, 0.3) is 0 Å². The molecule has 5 heteroatoms. The van der Waals surface area contributed by atoms with Crippen LogP contribution in [0.2, 0.25) is 0 Å². The number of halogens is 1. The van der Waals surface area contributed by atoms with E-state index in [1.807, 2.05) is 5.38 Å². The number of benzene rings is 1. The molecule has 0 radical (unpaired) electrons. The van der Waals surface area contributed by atoms with Crippen LogP contribution in [-0.4, -0.2) is 17.6 Å². The highest BCUT2D eigenvalue weighted by Gasteiger charge is 2.08. The van der Waals surface area contributed by atoms with Crippen LogP contribution in [0, 0.1) is 5.82 Å². The maximum atomic E-state index is 12.8. The molecule has 0 bridgehead atoms. The summed E-state index contributed by atoms with van der Waals surface area (Å²) in [6, 6.07) is 6.21. The average molecular weight is 279 g/mol. The Morgan fingerprint density at radius 3 is 2.79 bits per heavy atom. The Kier molecular flexibility index (Phi) is 4.63. The minimum absolute atomic E-state index is 0.207. The van der Waals surface area contributed by atoms with Crippen molar-refractivity contribution in [3.8, 4) is 11.3 Å². The summed E-state index contributed by atoms with van der Waals surface area (Å²) < 4.78 is 17.7. The quantitative estimate of drug-likeness (QED) is 0.787. The SMILES string of the molecule is CCOC(=O)CCc1nc(-c2ccc(F)cc2)cs1. The minimum atomic E-state index is -0.262. The molecule has 0 atom stereocenters. The van der Waals surface area contributed by atoms with Gasteiger partial charge in [-0.15, -0.1) is 11.3 Å². The second-order valence-electron chi connectivity index (χ2n) is 3.94. The third-order valence-corrected chi connectivity index (χ3v) is 3.45. The average Bonchev–Trinajstić information content (AvgIpc) is 2.86. The summed E-state index contributed by atoms with van der Waals surface area (Å²) in [6.07, 6.45) is 0.912. The van der Waals surface area contributed by atoms with E-state index in [1.165, 1.54) is 23.5 Å². The number of hydrogen-bond donors (Lipinski definition) is 0. The van der Waals surface area contributed by atoms with Crippen LogP contribution in [-0.2, 0) is 16.0 Å². The number of nitrogens with zero attached hydrogens (tertiary/aromatic N) is 1. The summed E-state index contributed by atoms with van der Waals surface area (Å²) in [7, 11) is 0. The zero-order valence-electron chi connectivity index (χ0n) is 10.6. The van der Waals surface area contributed by atoms with Crippen LogP contribution < -0.4 is 0 Å². The maximum absolute atomic E-state index is 12.8. The standard InChI is InChI=1S/C14H14FNO2S/c1-2-18-14(17)8-7-13-16-12(9-19-13)10-3-5-11(15)6-4-10/h3-6,9H,2,7-8H2,1H3. The Bertz CT molecular complexity index is 551. The Morgan fingerprint density at radius 1 is 1.37 bits per heavy atom. The Balaban J connectivity index is 1.99. The van der Waals surface area contributed by atoms with Gasteiger partial charge in [-0.05, 0) is 31.2 Å². The Hall–Kier alpha value is -1.75. The van der Waals surface area contributed by atoms with Crippen LogP contribution in [0.4, 0.5) is 4.39 Å². The molecule has 100 valence electrons. The highest BCUT2D eigenvalue weighted by atomic mass is 32.1. The molecule has 0 saturated heterocycles. The molecule has 0 spiro atoms. The molecule has 1 aromatic heterocycles. The number of ether oxygens (including phenoxy) is 1. The van der Waals surface area contributed by atoms with Gasteiger partial charge in [0.2, 0.25) is 0 Å². The van der Waals surface area contributed by atoms with Gasteiger partial charge in [0.05, 0.1) is 23.7 Å². The van der Waals surface area contributed by atoms with E-state index in [9.17, 15) is 9.18 Å². The first-order chi connectivity index (χ1) is 9.19. The van der Waals surface area contributed by atoms with Gasteiger partial charge in [-0.2, -0.15) is 0 Å². The van der Waals surface area contributed by atoms with Gasteiger partial charge < -0.3 is 4.74 Å². The molecular weight excluding hydrogens is 265 g/mol. The predicted molar refractivity (Wildman–Crippen MR) is 72.5 cm³/mol. The van der Waals surface area contributed by atoms with E-state index in [2.05, 4.69) is 4.98 Å². The first-order valence-corrected chi connectivity index (χ1v) is 6.93. The fourth-order valence-corrected chi connectivity index (χ4v) is 2.43. The Morgan fingerprint density at radius 2 is 2.11 bits per heavy atom. The van der Waals surface area contributed by atoms with Crippen molar-refractivity contribution in [2.24, 2.45) is 0 Å².